The Hall–Kier alpha value is -1.36. The number of aryl methyl sites for hydroxylation is 2. The smallest absolute Gasteiger partial charge is 0.239 e. The van der Waals surface area contributed by atoms with Gasteiger partial charge in [0.2, 0.25) is 5.91 Å². The Morgan fingerprint density at radius 3 is 2.88 bits per heavy atom. The van der Waals surface area contributed by atoms with Crippen molar-refractivity contribution < 1.29 is 4.79 Å². The van der Waals surface area contributed by atoms with Crippen LogP contribution in [0.2, 0.25) is 0 Å². The highest BCUT2D eigenvalue weighted by Gasteiger charge is 2.25. The molecule has 0 fully saturated rings. The Kier molecular flexibility index (Phi) is 4.69. The molecule has 0 aliphatic carbocycles. The van der Waals surface area contributed by atoms with Crippen molar-refractivity contribution in [3.63, 3.8) is 0 Å². The summed E-state index contributed by atoms with van der Waals surface area (Å²) in [5.41, 5.74) is 7.37. The fourth-order valence-corrected chi connectivity index (χ4v) is 1.47. The lowest BCUT2D eigenvalue weighted by atomic mass is 9.99. The van der Waals surface area contributed by atoms with Crippen molar-refractivity contribution in [2.24, 2.45) is 5.73 Å². The quantitative estimate of drug-likeness (QED) is 0.644. The van der Waals surface area contributed by atoms with Gasteiger partial charge in [0, 0.05) is 12.2 Å². The van der Waals surface area contributed by atoms with E-state index in [0.29, 0.717) is 13.0 Å². The molecule has 0 bridgehead atoms. The van der Waals surface area contributed by atoms with Crippen LogP contribution in [-0.4, -0.2) is 28.2 Å². The molecule has 1 heterocycles. The number of hydrogen-bond acceptors (Lipinski definition) is 3. The molecule has 17 heavy (non-hydrogen) atoms. The molecular formula is C12H22N4O. The van der Waals surface area contributed by atoms with E-state index in [-0.39, 0.29) is 5.91 Å². The van der Waals surface area contributed by atoms with Crippen LogP contribution in [0.5, 0.6) is 0 Å². The van der Waals surface area contributed by atoms with E-state index in [9.17, 15) is 4.79 Å². The van der Waals surface area contributed by atoms with Crippen LogP contribution in [0.25, 0.3) is 0 Å². The molecule has 0 aliphatic rings. The Morgan fingerprint density at radius 2 is 2.35 bits per heavy atom. The molecule has 1 rings (SSSR count). The highest BCUT2D eigenvalue weighted by Crippen LogP contribution is 2.06. The van der Waals surface area contributed by atoms with E-state index >= 15 is 0 Å². The van der Waals surface area contributed by atoms with E-state index in [4.69, 9.17) is 5.73 Å². The third kappa shape index (κ3) is 3.85. The van der Waals surface area contributed by atoms with Crippen molar-refractivity contribution in [3.05, 3.63) is 17.5 Å². The van der Waals surface area contributed by atoms with Crippen LogP contribution in [0.15, 0.2) is 6.20 Å². The van der Waals surface area contributed by atoms with E-state index in [1.54, 1.807) is 6.92 Å². The normalized spacial score (nSPS) is 14.4. The van der Waals surface area contributed by atoms with E-state index < -0.39 is 5.54 Å². The molecular weight excluding hydrogens is 216 g/mol. The van der Waals surface area contributed by atoms with Crippen molar-refractivity contribution in [3.8, 4) is 0 Å². The van der Waals surface area contributed by atoms with Crippen LogP contribution in [0, 0.1) is 6.92 Å². The van der Waals surface area contributed by atoms with E-state index in [1.165, 1.54) is 5.56 Å². The number of aromatic amines is 1. The second-order valence-electron chi connectivity index (χ2n) is 4.65. The second-order valence-corrected chi connectivity index (χ2v) is 4.65. The van der Waals surface area contributed by atoms with Crippen molar-refractivity contribution in [2.45, 2.75) is 45.6 Å². The monoisotopic (exact) mass is 238 g/mol. The molecule has 0 saturated heterocycles. The first kappa shape index (κ1) is 13.7. The van der Waals surface area contributed by atoms with Crippen LogP contribution in [0.3, 0.4) is 0 Å². The summed E-state index contributed by atoms with van der Waals surface area (Å²) in [4.78, 5) is 11.7. The summed E-state index contributed by atoms with van der Waals surface area (Å²) in [6.45, 7) is 6.31. The lowest BCUT2D eigenvalue weighted by Crippen LogP contribution is -2.51. The molecule has 5 nitrogen and oxygen atoms in total. The van der Waals surface area contributed by atoms with Crippen LogP contribution >= 0.6 is 0 Å². The molecule has 96 valence electrons. The summed E-state index contributed by atoms with van der Waals surface area (Å²) < 4.78 is 0. The fourth-order valence-electron chi connectivity index (χ4n) is 1.47. The van der Waals surface area contributed by atoms with Gasteiger partial charge < -0.3 is 11.1 Å². The number of nitrogens with two attached hydrogens (primary N) is 1. The van der Waals surface area contributed by atoms with Crippen molar-refractivity contribution in [1.29, 1.82) is 0 Å². The van der Waals surface area contributed by atoms with Gasteiger partial charge in [-0.3, -0.25) is 9.89 Å². The average molecular weight is 238 g/mol. The third-order valence-electron chi connectivity index (χ3n) is 3.10. The van der Waals surface area contributed by atoms with Crippen LogP contribution in [-0.2, 0) is 11.2 Å². The van der Waals surface area contributed by atoms with Gasteiger partial charge in [-0.25, -0.2) is 0 Å². The maximum Gasteiger partial charge on any atom is 0.239 e. The van der Waals surface area contributed by atoms with Gasteiger partial charge in [-0.1, -0.05) is 6.92 Å². The maximum atomic E-state index is 11.7. The van der Waals surface area contributed by atoms with E-state index in [2.05, 4.69) is 15.5 Å². The number of carbonyl (C=O) groups excluding carboxylic acids is 1. The Labute approximate surface area is 102 Å². The average Bonchev–Trinajstić information content (AvgIpc) is 2.70. The molecule has 1 aromatic rings. The molecule has 0 aromatic carbocycles. The second kappa shape index (κ2) is 5.82. The number of aromatic nitrogens is 2. The Balaban J connectivity index is 2.25. The van der Waals surface area contributed by atoms with Crippen LogP contribution < -0.4 is 11.1 Å². The number of H-pyrrole nitrogens is 1. The zero-order chi connectivity index (χ0) is 12.9. The maximum absolute atomic E-state index is 11.7. The summed E-state index contributed by atoms with van der Waals surface area (Å²) in [5, 5.41) is 9.71. The van der Waals surface area contributed by atoms with Crippen LogP contribution in [0.1, 0.15) is 37.9 Å². The minimum Gasteiger partial charge on any atom is -0.355 e. The molecule has 0 saturated carbocycles. The Bertz CT molecular complexity index is 370. The van der Waals surface area contributed by atoms with Crippen molar-refractivity contribution in [2.75, 3.05) is 6.54 Å². The van der Waals surface area contributed by atoms with Gasteiger partial charge in [-0.15, -0.1) is 0 Å². The number of rotatable bonds is 6. The van der Waals surface area contributed by atoms with E-state index in [0.717, 1.165) is 18.5 Å². The minimum absolute atomic E-state index is 0.0797. The van der Waals surface area contributed by atoms with Gasteiger partial charge >= 0.3 is 0 Å². The van der Waals surface area contributed by atoms with Gasteiger partial charge in [0.05, 0.1) is 11.7 Å². The summed E-state index contributed by atoms with van der Waals surface area (Å²) >= 11 is 0. The molecule has 0 aliphatic heterocycles. The summed E-state index contributed by atoms with van der Waals surface area (Å²) in [5.74, 6) is -0.0797. The molecule has 1 unspecified atom stereocenters. The van der Waals surface area contributed by atoms with Gasteiger partial charge in [0.25, 0.3) is 0 Å². The number of amides is 1. The van der Waals surface area contributed by atoms with Crippen molar-refractivity contribution in [1.82, 2.24) is 15.5 Å². The predicted molar refractivity (Wildman–Crippen MR) is 67.5 cm³/mol. The molecule has 4 N–H and O–H groups in total. The van der Waals surface area contributed by atoms with E-state index in [1.807, 2.05) is 20.0 Å². The lowest BCUT2D eigenvalue weighted by Gasteiger charge is -2.21. The molecule has 1 amide bonds. The minimum atomic E-state index is -0.758. The predicted octanol–water partition coefficient (Wildman–Crippen LogP) is 0.894. The first-order chi connectivity index (χ1) is 7.97. The van der Waals surface area contributed by atoms with Gasteiger partial charge in [0.1, 0.15) is 0 Å². The topological polar surface area (TPSA) is 83.8 Å². The highest BCUT2D eigenvalue weighted by molar-refractivity contribution is 5.85. The molecule has 0 spiro atoms. The molecule has 1 aromatic heterocycles. The third-order valence-corrected chi connectivity index (χ3v) is 3.10. The highest BCUT2D eigenvalue weighted by atomic mass is 16.2. The SMILES string of the molecule is CCC(C)(N)C(=O)NCCCc1cn[nH]c1C. The van der Waals surface area contributed by atoms with Gasteiger partial charge in [-0.05, 0) is 38.7 Å². The Morgan fingerprint density at radius 1 is 1.65 bits per heavy atom. The van der Waals surface area contributed by atoms with Gasteiger partial charge in [0.15, 0.2) is 0 Å². The van der Waals surface area contributed by atoms with Crippen LogP contribution in [0.4, 0.5) is 0 Å². The number of nitrogens with one attached hydrogen (secondary N) is 2. The summed E-state index contributed by atoms with van der Waals surface area (Å²) in [6.07, 6.45) is 4.28. The summed E-state index contributed by atoms with van der Waals surface area (Å²) in [7, 11) is 0. The number of carbonyl (C=O) groups is 1. The van der Waals surface area contributed by atoms with Gasteiger partial charge in [-0.2, -0.15) is 5.10 Å². The number of nitrogens with zero attached hydrogens (tertiary/aromatic N) is 1. The molecule has 5 heteroatoms. The number of hydrogen-bond donors (Lipinski definition) is 3. The fraction of sp³-hybridized carbons (Fsp3) is 0.667. The first-order valence-corrected chi connectivity index (χ1v) is 6.03. The summed E-state index contributed by atoms with van der Waals surface area (Å²) in [6, 6.07) is 0. The largest absolute Gasteiger partial charge is 0.355 e. The zero-order valence-electron chi connectivity index (χ0n) is 10.8. The zero-order valence-corrected chi connectivity index (χ0v) is 10.8. The molecule has 0 radical (unpaired) electrons. The lowest BCUT2D eigenvalue weighted by molar-refractivity contribution is -0.125. The first-order valence-electron chi connectivity index (χ1n) is 6.03. The molecule has 1 atom stereocenters. The van der Waals surface area contributed by atoms with Crippen molar-refractivity contribution >= 4 is 5.91 Å². The standard InChI is InChI=1S/C12H22N4O/c1-4-12(3,13)11(17)14-7-5-6-10-8-15-16-9(10)2/h8H,4-7,13H2,1-3H3,(H,14,17)(H,15,16).